The third kappa shape index (κ3) is 10.4. The summed E-state index contributed by atoms with van der Waals surface area (Å²) in [6, 6.07) is 6.63. The number of nitrogens with one attached hydrogen (secondary N) is 4. The molecule has 0 bridgehead atoms. The fourth-order valence-electron chi connectivity index (χ4n) is 8.90. The van der Waals surface area contributed by atoms with Crippen molar-refractivity contribution >= 4 is 51.4 Å². The second-order valence-corrected chi connectivity index (χ2v) is 18.6. The molecule has 7 rings (SSSR count). The Morgan fingerprint density at radius 1 is 0.952 bits per heavy atom. The molecule has 2 saturated carbocycles. The van der Waals surface area contributed by atoms with E-state index in [9.17, 15) is 36.8 Å². The van der Waals surface area contributed by atoms with Crippen LogP contribution < -0.4 is 25.6 Å². The van der Waals surface area contributed by atoms with Crippen LogP contribution in [0.5, 0.6) is 0 Å². The van der Waals surface area contributed by atoms with Crippen LogP contribution in [-0.4, -0.2) is 122 Å². The molecule has 1 spiro atoms. The quantitative estimate of drug-likeness (QED) is 0.313. The summed E-state index contributed by atoms with van der Waals surface area (Å²) in [5, 5.41) is 8.54. The number of halogens is 1. The summed E-state index contributed by atoms with van der Waals surface area (Å²) < 4.78 is 55.6. The molecule has 1 aromatic heterocycles. The number of aromatic nitrogens is 1. The second kappa shape index (κ2) is 19.3. The lowest BCUT2D eigenvalue weighted by Crippen LogP contribution is -2.58. The summed E-state index contributed by atoms with van der Waals surface area (Å²) in [6.07, 6.45) is 5.69. The van der Waals surface area contributed by atoms with Gasteiger partial charge in [0, 0.05) is 50.8 Å². The second-order valence-electron chi connectivity index (χ2n) is 16.9. The van der Waals surface area contributed by atoms with Gasteiger partial charge in [-0.1, -0.05) is 37.8 Å². The average molecular weight is 881 g/mol. The van der Waals surface area contributed by atoms with Gasteiger partial charge in [0.15, 0.2) is 0 Å². The van der Waals surface area contributed by atoms with Gasteiger partial charge in [-0.3, -0.25) is 14.4 Å². The van der Waals surface area contributed by atoms with E-state index in [2.05, 4.69) is 37.1 Å². The maximum absolute atomic E-state index is 14.6. The van der Waals surface area contributed by atoms with Gasteiger partial charge in [0.25, 0.3) is 15.9 Å². The Labute approximate surface area is 361 Å². The lowest BCUT2D eigenvalue weighted by Gasteiger charge is -2.35. The minimum Gasteiger partial charge on any atom is -0.446 e. The average Bonchev–Trinajstić information content (AvgIpc) is 3.49. The fraction of sp³-hybridized carbons (Fsp3) is 0.581. The van der Waals surface area contributed by atoms with Crippen LogP contribution in [0.3, 0.4) is 0 Å². The molecule has 2 saturated heterocycles. The molecule has 4 N–H and O–H groups in total. The number of hydrogen-bond acceptors (Lipinski definition) is 12. The van der Waals surface area contributed by atoms with Gasteiger partial charge in [0.1, 0.15) is 46.4 Å². The van der Waals surface area contributed by atoms with Crippen molar-refractivity contribution < 1.29 is 46.3 Å². The number of anilines is 2. The molecule has 3 aliphatic heterocycles. The van der Waals surface area contributed by atoms with E-state index in [0.29, 0.717) is 52.0 Å². The highest BCUT2D eigenvalue weighted by Crippen LogP contribution is 2.45. The molecule has 62 heavy (non-hydrogen) atoms. The number of aryl methyl sites for hydroxylation is 1. The highest BCUT2D eigenvalue weighted by Gasteiger charge is 2.61. The molecule has 5 amide bonds. The van der Waals surface area contributed by atoms with Gasteiger partial charge in [-0.05, 0) is 82.2 Å². The van der Waals surface area contributed by atoms with Gasteiger partial charge >= 0.3 is 12.2 Å². The van der Waals surface area contributed by atoms with E-state index < -0.39 is 80.3 Å². The number of amides is 5. The van der Waals surface area contributed by atoms with Crippen LogP contribution >= 0.6 is 0 Å². The van der Waals surface area contributed by atoms with E-state index in [1.165, 1.54) is 17.0 Å². The summed E-state index contributed by atoms with van der Waals surface area (Å²) in [4.78, 5) is 79.0. The first-order valence-electron chi connectivity index (χ1n) is 21.7. The van der Waals surface area contributed by atoms with E-state index in [1.807, 2.05) is 25.1 Å². The standard InChI is InChI=1S/C43H57FN8O9S/c1-3-29-26-43(29)40(55)49-62(58,59)36-24-30(44)17-18-33(36)45-19-10-6-4-5-7-15-34(47-41(56)60-31-13-8-9-14-31)39(54)52-27-32(25-35(52)38(53)48-43)61-42(57)51-22-20-50(21-23-51)37-16-11-12-28(2)46-37/h3,11-12,16-18,24,29,31-32,34-35,45H,1,4-10,13-15,19-23,25-27H2,2H3,(H,47,56)(H,48,53)(H,49,55)/t29-,32-,34+,35+,43-/m1/s1. The molecule has 5 atom stereocenters. The highest BCUT2D eigenvalue weighted by molar-refractivity contribution is 7.90. The Balaban J connectivity index is 1.13. The Hall–Kier alpha value is -5.46. The Bertz CT molecular complexity index is 2130. The molecule has 0 unspecified atom stereocenters. The van der Waals surface area contributed by atoms with E-state index in [1.54, 1.807) is 4.90 Å². The number of hydrogen-bond donors (Lipinski definition) is 4. The summed E-state index contributed by atoms with van der Waals surface area (Å²) >= 11 is 0. The lowest BCUT2D eigenvalue weighted by atomic mass is 10.0. The monoisotopic (exact) mass is 880 g/mol. The molecule has 2 aliphatic carbocycles. The first-order valence-corrected chi connectivity index (χ1v) is 23.2. The third-order valence-corrected chi connectivity index (χ3v) is 13.9. The van der Waals surface area contributed by atoms with E-state index in [-0.39, 0.29) is 37.6 Å². The van der Waals surface area contributed by atoms with Crippen molar-refractivity contribution in [2.24, 2.45) is 5.92 Å². The summed E-state index contributed by atoms with van der Waals surface area (Å²) in [5.74, 6) is -3.13. The molecule has 1 aromatic carbocycles. The molecular weight excluding hydrogens is 824 g/mol. The van der Waals surface area contributed by atoms with Crippen molar-refractivity contribution in [2.45, 2.75) is 119 Å². The topological polar surface area (TPSA) is 209 Å². The first kappa shape index (κ1) is 44.6. The maximum atomic E-state index is 14.6. The summed E-state index contributed by atoms with van der Waals surface area (Å²) in [6.45, 7) is 7.58. The Morgan fingerprint density at radius 3 is 2.40 bits per heavy atom. The van der Waals surface area contributed by atoms with E-state index >= 15 is 0 Å². The minimum absolute atomic E-state index is 0.00182. The van der Waals surface area contributed by atoms with Gasteiger partial charge in [0.2, 0.25) is 11.8 Å². The normalized spacial score (nSPS) is 27.5. The summed E-state index contributed by atoms with van der Waals surface area (Å²) in [5.41, 5.74) is -0.786. The van der Waals surface area contributed by atoms with Crippen LogP contribution in [0.1, 0.15) is 82.7 Å². The number of carbonyl (C=O) groups excluding carboxylic acids is 5. The van der Waals surface area contributed by atoms with Gasteiger partial charge in [-0.25, -0.2) is 32.1 Å². The number of rotatable bonds is 5. The molecule has 4 heterocycles. The SMILES string of the molecule is C=C[C@@H]1C[C@@]12NC(=O)[C@@H]1C[C@@H](OC(=O)N3CCN(c4cccc(C)n4)CC3)CN1C(=O)[C@@H](NC(=O)OC1CCCC1)CCCCCCCNc1ccc(F)cc1S(=O)(=O)NC2=O. The number of carbonyl (C=O) groups is 5. The Kier molecular flexibility index (Phi) is 13.9. The van der Waals surface area contributed by atoms with E-state index in [4.69, 9.17) is 9.47 Å². The number of benzene rings is 1. The zero-order valence-corrected chi connectivity index (χ0v) is 35.9. The molecule has 17 nitrogen and oxygen atoms in total. The number of alkyl carbamates (subject to hydrolysis) is 1. The molecule has 336 valence electrons. The third-order valence-electron chi connectivity index (χ3n) is 12.5. The Morgan fingerprint density at radius 2 is 1.68 bits per heavy atom. The van der Waals surface area contributed by atoms with Crippen molar-refractivity contribution in [3.63, 3.8) is 0 Å². The largest absolute Gasteiger partial charge is 0.446 e. The zero-order valence-electron chi connectivity index (χ0n) is 35.1. The van der Waals surface area contributed by atoms with Crippen LogP contribution in [0.2, 0.25) is 0 Å². The number of sulfonamides is 1. The maximum Gasteiger partial charge on any atom is 0.410 e. The van der Waals surface area contributed by atoms with Gasteiger partial charge in [-0.2, -0.15) is 0 Å². The molecule has 2 aromatic rings. The van der Waals surface area contributed by atoms with Gasteiger partial charge in [-0.15, -0.1) is 6.58 Å². The lowest BCUT2D eigenvalue weighted by molar-refractivity contribution is -0.141. The van der Waals surface area contributed by atoms with Gasteiger partial charge < -0.3 is 40.1 Å². The number of pyridine rings is 1. The molecular formula is C43H57FN8O9S. The number of piperazine rings is 1. The van der Waals surface area contributed by atoms with Crippen molar-refractivity contribution in [2.75, 3.05) is 49.5 Å². The zero-order chi connectivity index (χ0) is 44.0. The number of fused-ring (bicyclic) bond motifs is 2. The van der Waals surface area contributed by atoms with Crippen molar-refractivity contribution in [1.82, 2.24) is 30.1 Å². The van der Waals surface area contributed by atoms with Crippen LogP contribution in [0.4, 0.5) is 25.5 Å². The van der Waals surface area contributed by atoms with Crippen LogP contribution in [-0.2, 0) is 33.9 Å². The van der Waals surface area contributed by atoms with Crippen molar-refractivity contribution in [1.29, 1.82) is 0 Å². The predicted molar refractivity (Wildman–Crippen MR) is 226 cm³/mol. The molecule has 5 aliphatic rings. The van der Waals surface area contributed by atoms with Gasteiger partial charge in [0.05, 0.1) is 12.2 Å². The minimum atomic E-state index is -4.66. The molecule has 0 radical (unpaired) electrons. The molecule has 19 heteroatoms. The summed E-state index contributed by atoms with van der Waals surface area (Å²) in [7, 11) is -4.66. The molecule has 4 fully saturated rings. The highest BCUT2D eigenvalue weighted by atomic mass is 32.2. The number of nitrogens with zero attached hydrogens (tertiary/aromatic N) is 4. The fourth-order valence-corrected chi connectivity index (χ4v) is 10.1. The number of ether oxygens (including phenoxy) is 2. The van der Waals surface area contributed by atoms with Crippen LogP contribution in [0.15, 0.2) is 53.9 Å². The van der Waals surface area contributed by atoms with E-state index in [0.717, 1.165) is 62.2 Å². The van der Waals surface area contributed by atoms with Crippen molar-refractivity contribution in [3.05, 3.63) is 60.6 Å². The van der Waals surface area contributed by atoms with Crippen molar-refractivity contribution in [3.8, 4) is 0 Å². The smallest absolute Gasteiger partial charge is 0.410 e. The van der Waals surface area contributed by atoms with Crippen LogP contribution in [0.25, 0.3) is 0 Å². The van der Waals surface area contributed by atoms with Crippen LogP contribution in [0, 0.1) is 18.7 Å². The first-order chi connectivity index (χ1) is 29.8. The predicted octanol–water partition coefficient (Wildman–Crippen LogP) is 4.13.